The molecule has 2 aliphatic heterocycles. The lowest BCUT2D eigenvalue weighted by atomic mass is 10.1. The summed E-state index contributed by atoms with van der Waals surface area (Å²) in [5.74, 6) is 7.93. The van der Waals surface area contributed by atoms with Crippen LogP contribution in [0.1, 0.15) is 25.6 Å². The van der Waals surface area contributed by atoms with E-state index in [-0.39, 0.29) is 11.8 Å². The number of phenols is 1. The molecule has 2 aliphatic rings. The molecule has 10 heteroatoms. The summed E-state index contributed by atoms with van der Waals surface area (Å²) in [6.45, 7) is 6.12. The van der Waals surface area contributed by atoms with Gasteiger partial charge >= 0.3 is 0 Å². The Morgan fingerprint density at radius 2 is 1.97 bits per heavy atom. The Morgan fingerprint density at radius 3 is 2.78 bits per heavy atom. The molecular weight excluding hydrogens is 471 g/mol. The van der Waals surface area contributed by atoms with Crippen LogP contribution in [0, 0.1) is 11.8 Å². The lowest BCUT2D eigenvalue weighted by molar-refractivity contribution is 0.308. The van der Waals surface area contributed by atoms with Gasteiger partial charge in [0.25, 0.3) is 0 Å². The van der Waals surface area contributed by atoms with Crippen molar-refractivity contribution in [2.24, 2.45) is 0 Å². The summed E-state index contributed by atoms with van der Waals surface area (Å²) >= 11 is 0. The number of phenolic OH excluding ortho intramolecular Hbond substituents is 1. The third-order valence-electron chi connectivity index (χ3n) is 6.93. The van der Waals surface area contributed by atoms with Crippen LogP contribution < -0.4 is 15.5 Å². The quantitative estimate of drug-likeness (QED) is 0.521. The van der Waals surface area contributed by atoms with E-state index in [2.05, 4.69) is 43.7 Å². The average molecular weight is 503 g/mol. The second-order valence-electron chi connectivity index (χ2n) is 9.50. The zero-order valence-corrected chi connectivity index (χ0v) is 20.9. The Bertz CT molecular complexity index is 1310. The van der Waals surface area contributed by atoms with Crippen molar-refractivity contribution in [1.82, 2.24) is 25.1 Å². The fourth-order valence-electron chi connectivity index (χ4n) is 4.84. The monoisotopic (exact) mass is 502 g/mol. The van der Waals surface area contributed by atoms with Crippen LogP contribution in [0.2, 0.25) is 0 Å². The molecule has 0 amide bonds. The Kier molecular flexibility index (Phi) is 7.32. The van der Waals surface area contributed by atoms with E-state index in [1.165, 1.54) is 0 Å². The second-order valence-corrected chi connectivity index (χ2v) is 9.50. The summed E-state index contributed by atoms with van der Waals surface area (Å²) < 4.78 is 13.4. The summed E-state index contributed by atoms with van der Waals surface area (Å²) in [6.07, 6.45) is 2.45. The van der Waals surface area contributed by atoms with E-state index < -0.39 is 6.17 Å². The average Bonchev–Trinajstić information content (AvgIpc) is 3.21. The van der Waals surface area contributed by atoms with E-state index in [4.69, 9.17) is 10.7 Å². The van der Waals surface area contributed by atoms with Crippen molar-refractivity contribution in [3.8, 4) is 28.8 Å². The van der Waals surface area contributed by atoms with Gasteiger partial charge in [0.05, 0.1) is 17.9 Å². The molecule has 3 N–H and O–H groups in total. The topological polar surface area (TPSA) is 108 Å². The fourth-order valence-corrected chi connectivity index (χ4v) is 4.84. The van der Waals surface area contributed by atoms with Gasteiger partial charge < -0.3 is 20.6 Å². The molecule has 2 fully saturated rings. The number of rotatable bonds is 4. The third-order valence-corrected chi connectivity index (χ3v) is 6.93. The molecule has 37 heavy (non-hydrogen) atoms. The van der Waals surface area contributed by atoms with Crippen molar-refractivity contribution in [1.29, 1.82) is 0 Å². The number of aromatic hydroxyl groups is 1. The van der Waals surface area contributed by atoms with Crippen LogP contribution in [0.3, 0.4) is 0 Å². The van der Waals surface area contributed by atoms with E-state index in [1.54, 1.807) is 18.3 Å². The van der Waals surface area contributed by atoms with Crippen molar-refractivity contribution >= 4 is 17.3 Å². The minimum absolute atomic E-state index is 0.151. The van der Waals surface area contributed by atoms with Gasteiger partial charge in [-0.05, 0) is 50.0 Å². The number of anilines is 3. The number of hydrogen-bond acceptors (Lipinski definition) is 9. The van der Waals surface area contributed by atoms with Crippen LogP contribution in [0.5, 0.6) is 5.75 Å². The molecule has 4 heterocycles. The minimum atomic E-state index is -0.749. The second kappa shape index (κ2) is 11.0. The minimum Gasteiger partial charge on any atom is -0.507 e. The van der Waals surface area contributed by atoms with Gasteiger partial charge in [-0.25, -0.2) is 14.4 Å². The number of nitrogens with two attached hydrogens (primary N) is 1. The Morgan fingerprint density at radius 1 is 1.11 bits per heavy atom. The first kappa shape index (κ1) is 24.7. The molecule has 0 saturated carbocycles. The van der Waals surface area contributed by atoms with Gasteiger partial charge in [0.2, 0.25) is 5.82 Å². The van der Waals surface area contributed by atoms with Crippen LogP contribution in [-0.2, 0) is 0 Å². The lowest BCUT2D eigenvalue weighted by Gasteiger charge is -2.28. The molecule has 2 saturated heterocycles. The van der Waals surface area contributed by atoms with Crippen molar-refractivity contribution < 1.29 is 9.50 Å². The molecule has 0 unspecified atom stereocenters. The Balaban J connectivity index is 1.30. The number of nitrogen functional groups attached to an aromatic ring is 1. The number of aromatic nitrogens is 4. The van der Waals surface area contributed by atoms with Crippen molar-refractivity contribution in [3.63, 3.8) is 0 Å². The number of hydrogen-bond donors (Lipinski definition) is 2. The first-order valence-corrected chi connectivity index (χ1v) is 12.6. The molecule has 3 aromatic rings. The normalized spacial score (nSPS) is 20.4. The van der Waals surface area contributed by atoms with E-state index >= 15 is 0 Å². The standard InChI is InChI=1S/C27H31FN8O/c1-19-9-14-35(23-17-22(32-33-27(23)29)21-5-2-3-6-24(21)37)15-16-36(19)26-8-11-30-25(31-26)7-4-12-34-13-10-20(28)18-34/h2-3,5-6,8,11,17,19-20,37H,9-10,12-16,18H2,1H3,(H2,29,33)/t19-,20+/m0/s1. The molecule has 9 nitrogen and oxygen atoms in total. The number of benzene rings is 1. The van der Waals surface area contributed by atoms with E-state index in [0.717, 1.165) is 37.6 Å². The summed E-state index contributed by atoms with van der Waals surface area (Å²) in [4.78, 5) is 15.5. The van der Waals surface area contributed by atoms with E-state index in [9.17, 15) is 9.50 Å². The molecule has 0 aliphatic carbocycles. The maximum absolute atomic E-state index is 13.4. The fraction of sp³-hybridized carbons (Fsp3) is 0.407. The van der Waals surface area contributed by atoms with Crippen molar-refractivity contribution in [3.05, 3.63) is 48.4 Å². The molecule has 5 rings (SSSR count). The van der Waals surface area contributed by atoms with E-state index in [0.29, 0.717) is 49.0 Å². The third kappa shape index (κ3) is 5.73. The smallest absolute Gasteiger partial charge is 0.206 e. The predicted octanol–water partition coefficient (Wildman–Crippen LogP) is 2.72. The van der Waals surface area contributed by atoms with Crippen LogP contribution in [0.25, 0.3) is 11.3 Å². The molecule has 0 radical (unpaired) electrons. The molecule has 2 atom stereocenters. The summed E-state index contributed by atoms with van der Waals surface area (Å²) in [7, 11) is 0. The van der Waals surface area contributed by atoms with Gasteiger partial charge in [-0.15, -0.1) is 10.2 Å². The van der Waals surface area contributed by atoms with Crippen LogP contribution >= 0.6 is 0 Å². The van der Waals surface area contributed by atoms with Crippen LogP contribution in [-0.4, -0.2) is 81.7 Å². The molecular formula is C27H31FN8O. The molecule has 0 spiro atoms. The zero-order valence-electron chi connectivity index (χ0n) is 20.9. The van der Waals surface area contributed by atoms with Crippen molar-refractivity contribution in [2.75, 3.05) is 54.8 Å². The highest BCUT2D eigenvalue weighted by Crippen LogP contribution is 2.32. The van der Waals surface area contributed by atoms with Gasteiger partial charge in [-0.1, -0.05) is 18.1 Å². The number of para-hydroxylation sites is 1. The maximum Gasteiger partial charge on any atom is 0.206 e. The zero-order chi connectivity index (χ0) is 25.8. The molecule has 0 bridgehead atoms. The summed E-state index contributed by atoms with van der Waals surface area (Å²) in [5, 5.41) is 18.6. The number of likely N-dealkylation sites (tertiary alicyclic amines) is 1. The van der Waals surface area contributed by atoms with Gasteiger partial charge in [0, 0.05) is 50.5 Å². The Labute approximate surface area is 216 Å². The number of alkyl halides is 1. The highest BCUT2D eigenvalue weighted by atomic mass is 19.1. The maximum atomic E-state index is 13.4. The first-order chi connectivity index (χ1) is 18.0. The van der Waals surface area contributed by atoms with Crippen LogP contribution in [0.15, 0.2) is 42.6 Å². The predicted molar refractivity (Wildman–Crippen MR) is 142 cm³/mol. The van der Waals surface area contributed by atoms with Crippen molar-refractivity contribution in [2.45, 2.75) is 32.0 Å². The first-order valence-electron chi connectivity index (χ1n) is 12.6. The SMILES string of the molecule is C[C@H]1CCN(c2cc(-c3ccccc3O)nnc2N)CCN1c1ccnc(C#CCN2CC[C@@H](F)C2)n1. The molecule has 192 valence electrons. The highest BCUT2D eigenvalue weighted by molar-refractivity contribution is 5.74. The van der Waals surface area contributed by atoms with Gasteiger partial charge in [0.1, 0.15) is 17.7 Å². The lowest BCUT2D eigenvalue weighted by Crippen LogP contribution is -2.35. The van der Waals surface area contributed by atoms with Gasteiger partial charge in [-0.3, -0.25) is 4.90 Å². The largest absolute Gasteiger partial charge is 0.507 e. The van der Waals surface area contributed by atoms with Gasteiger partial charge in [0.15, 0.2) is 5.82 Å². The molecule has 2 aromatic heterocycles. The van der Waals surface area contributed by atoms with Crippen LogP contribution in [0.4, 0.5) is 21.7 Å². The highest BCUT2D eigenvalue weighted by Gasteiger charge is 2.25. The Hall–Kier alpha value is -3.97. The number of nitrogens with zero attached hydrogens (tertiary/aromatic N) is 7. The molecule has 1 aromatic carbocycles. The number of halogens is 1. The van der Waals surface area contributed by atoms with E-state index in [1.807, 2.05) is 29.2 Å². The van der Waals surface area contributed by atoms with Gasteiger partial charge in [-0.2, -0.15) is 0 Å². The summed E-state index contributed by atoms with van der Waals surface area (Å²) in [5.41, 5.74) is 8.23. The summed E-state index contributed by atoms with van der Waals surface area (Å²) in [6, 6.07) is 11.1.